The summed E-state index contributed by atoms with van der Waals surface area (Å²) in [6, 6.07) is 12.9. The van der Waals surface area contributed by atoms with E-state index in [0.717, 1.165) is 5.69 Å². The number of nitrogens with two attached hydrogens (primary N) is 1. The zero-order valence-electron chi connectivity index (χ0n) is 16.4. The molecule has 0 aromatic heterocycles. The number of anilines is 2. The van der Waals surface area contributed by atoms with Crippen LogP contribution in [-0.2, 0) is 4.79 Å². The molecule has 7 heteroatoms. The summed E-state index contributed by atoms with van der Waals surface area (Å²) in [4.78, 5) is 37.5. The fraction of sp³-hybridized carbons (Fsp3) is 0.286. The highest BCUT2D eigenvalue weighted by atomic mass is 16.2. The van der Waals surface area contributed by atoms with Crippen molar-refractivity contribution >= 4 is 29.1 Å². The van der Waals surface area contributed by atoms with Crippen LogP contribution in [0.1, 0.15) is 41.5 Å². The fourth-order valence-corrected chi connectivity index (χ4v) is 2.69. The molecule has 3 amide bonds. The normalized spacial score (nSPS) is 11.4. The van der Waals surface area contributed by atoms with Gasteiger partial charge in [-0.3, -0.25) is 14.4 Å². The third-order valence-corrected chi connectivity index (χ3v) is 4.40. The first kappa shape index (κ1) is 21.0. The van der Waals surface area contributed by atoms with Crippen molar-refractivity contribution in [2.75, 3.05) is 23.7 Å². The van der Waals surface area contributed by atoms with Gasteiger partial charge in [0.15, 0.2) is 0 Å². The van der Waals surface area contributed by atoms with Crippen molar-refractivity contribution in [1.29, 1.82) is 0 Å². The van der Waals surface area contributed by atoms with E-state index in [9.17, 15) is 14.4 Å². The van der Waals surface area contributed by atoms with Gasteiger partial charge < -0.3 is 21.3 Å². The zero-order chi connectivity index (χ0) is 20.7. The molecule has 4 N–H and O–H groups in total. The van der Waals surface area contributed by atoms with Gasteiger partial charge in [-0.05, 0) is 69.3 Å². The summed E-state index contributed by atoms with van der Waals surface area (Å²) >= 11 is 0. The molecule has 0 spiro atoms. The molecule has 0 aliphatic rings. The van der Waals surface area contributed by atoms with Crippen LogP contribution in [0.25, 0.3) is 0 Å². The van der Waals surface area contributed by atoms with Crippen molar-refractivity contribution in [1.82, 2.24) is 4.90 Å². The molecule has 7 nitrogen and oxygen atoms in total. The standard InChI is InChI=1S/C21H26N4O3/c1-4-25(5-2)21(28)16-8-12-17(13-9-16)23-14(3)20(27)24-18-10-6-15(7-11-18)19(22)26/h6-14,23H,4-5H2,1-3H3,(H2,22,26)(H,24,27)/t14-/m0/s1. The predicted octanol–water partition coefficient (Wildman–Crippen LogP) is 2.71. The Morgan fingerprint density at radius 3 is 1.89 bits per heavy atom. The largest absolute Gasteiger partial charge is 0.374 e. The van der Waals surface area contributed by atoms with E-state index in [1.807, 2.05) is 13.8 Å². The van der Waals surface area contributed by atoms with Crippen LogP contribution >= 0.6 is 0 Å². The molecule has 0 aliphatic carbocycles. The molecule has 0 bridgehead atoms. The molecule has 0 saturated carbocycles. The maximum atomic E-state index is 12.4. The van der Waals surface area contributed by atoms with Crippen LogP contribution < -0.4 is 16.4 Å². The Hall–Kier alpha value is -3.35. The van der Waals surface area contributed by atoms with Gasteiger partial charge in [-0.1, -0.05) is 0 Å². The van der Waals surface area contributed by atoms with E-state index >= 15 is 0 Å². The number of hydrogen-bond donors (Lipinski definition) is 3. The highest BCUT2D eigenvalue weighted by Crippen LogP contribution is 2.14. The molecule has 0 unspecified atom stereocenters. The summed E-state index contributed by atoms with van der Waals surface area (Å²) in [7, 11) is 0. The Labute approximate surface area is 164 Å². The summed E-state index contributed by atoms with van der Waals surface area (Å²) in [5.41, 5.74) is 7.50. The molecular weight excluding hydrogens is 356 g/mol. The molecule has 148 valence electrons. The number of primary amides is 1. The van der Waals surface area contributed by atoms with E-state index in [1.165, 1.54) is 0 Å². The van der Waals surface area contributed by atoms with Crippen LogP contribution in [0.15, 0.2) is 48.5 Å². The van der Waals surface area contributed by atoms with Crippen molar-refractivity contribution < 1.29 is 14.4 Å². The Morgan fingerprint density at radius 2 is 1.39 bits per heavy atom. The van der Waals surface area contributed by atoms with Crippen LogP contribution in [0, 0.1) is 0 Å². The number of benzene rings is 2. The summed E-state index contributed by atoms with van der Waals surface area (Å²) < 4.78 is 0. The molecule has 0 fully saturated rings. The van der Waals surface area contributed by atoms with Crippen LogP contribution in [0.5, 0.6) is 0 Å². The van der Waals surface area contributed by atoms with Gasteiger partial charge in [0, 0.05) is 35.6 Å². The van der Waals surface area contributed by atoms with Gasteiger partial charge in [0.2, 0.25) is 11.8 Å². The predicted molar refractivity (Wildman–Crippen MR) is 110 cm³/mol. The second-order valence-corrected chi connectivity index (χ2v) is 6.35. The average Bonchev–Trinajstić information content (AvgIpc) is 2.69. The molecule has 2 aromatic carbocycles. The minimum atomic E-state index is -0.518. The molecule has 2 rings (SSSR count). The molecule has 0 saturated heterocycles. The molecule has 1 atom stereocenters. The smallest absolute Gasteiger partial charge is 0.253 e. The number of nitrogens with one attached hydrogen (secondary N) is 2. The number of hydrogen-bond acceptors (Lipinski definition) is 4. The maximum Gasteiger partial charge on any atom is 0.253 e. The molecule has 0 heterocycles. The Kier molecular flexibility index (Phi) is 7.14. The van der Waals surface area contributed by atoms with Crippen molar-refractivity contribution in [3.8, 4) is 0 Å². The van der Waals surface area contributed by atoms with Crippen LogP contribution in [0.2, 0.25) is 0 Å². The SMILES string of the molecule is CCN(CC)C(=O)c1ccc(N[C@@H](C)C(=O)Nc2ccc(C(N)=O)cc2)cc1. The maximum absolute atomic E-state index is 12.4. The minimum Gasteiger partial charge on any atom is -0.374 e. The van der Waals surface area contributed by atoms with E-state index in [-0.39, 0.29) is 11.8 Å². The second kappa shape index (κ2) is 9.55. The summed E-state index contributed by atoms with van der Waals surface area (Å²) in [6.07, 6.45) is 0. The van der Waals surface area contributed by atoms with E-state index in [0.29, 0.717) is 29.9 Å². The lowest BCUT2D eigenvalue weighted by molar-refractivity contribution is -0.116. The van der Waals surface area contributed by atoms with Crippen LogP contribution in [0.3, 0.4) is 0 Å². The van der Waals surface area contributed by atoms with Crippen LogP contribution in [0.4, 0.5) is 11.4 Å². The number of rotatable bonds is 8. The lowest BCUT2D eigenvalue weighted by Gasteiger charge is -2.19. The lowest BCUT2D eigenvalue weighted by Crippen LogP contribution is -2.32. The van der Waals surface area contributed by atoms with Crippen LogP contribution in [-0.4, -0.2) is 41.8 Å². The minimum absolute atomic E-state index is 0.0123. The van der Waals surface area contributed by atoms with Gasteiger partial charge in [0.25, 0.3) is 5.91 Å². The Bertz CT molecular complexity index is 828. The van der Waals surface area contributed by atoms with Gasteiger partial charge in [-0.25, -0.2) is 0 Å². The fourth-order valence-electron chi connectivity index (χ4n) is 2.69. The third kappa shape index (κ3) is 5.33. The Balaban J connectivity index is 1.96. The highest BCUT2D eigenvalue weighted by Gasteiger charge is 2.15. The number of amides is 3. The average molecular weight is 382 g/mol. The molecule has 0 radical (unpaired) electrons. The quantitative estimate of drug-likeness (QED) is 0.653. The van der Waals surface area contributed by atoms with Gasteiger partial charge >= 0.3 is 0 Å². The van der Waals surface area contributed by atoms with Gasteiger partial charge in [-0.2, -0.15) is 0 Å². The molecule has 2 aromatic rings. The third-order valence-electron chi connectivity index (χ3n) is 4.40. The van der Waals surface area contributed by atoms with E-state index in [4.69, 9.17) is 5.73 Å². The van der Waals surface area contributed by atoms with E-state index in [2.05, 4.69) is 10.6 Å². The highest BCUT2D eigenvalue weighted by molar-refractivity contribution is 5.98. The van der Waals surface area contributed by atoms with Gasteiger partial charge in [0.05, 0.1) is 0 Å². The Morgan fingerprint density at radius 1 is 0.893 bits per heavy atom. The van der Waals surface area contributed by atoms with E-state index in [1.54, 1.807) is 60.4 Å². The van der Waals surface area contributed by atoms with Gasteiger partial charge in [0.1, 0.15) is 6.04 Å². The summed E-state index contributed by atoms with van der Waals surface area (Å²) in [5.74, 6) is -0.757. The lowest BCUT2D eigenvalue weighted by atomic mass is 10.1. The summed E-state index contributed by atoms with van der Waals surface area (Å²) in [5, 5.41) is 5.88. The first-order valence-corrected chi connectivity index (χ1v) is 9.22. The monoisotopic (exact) mass is 382 g/mol. The number of nitrogens with zero attached hydrogens (tertiary/aromatic N) is 1. The number of carbonyl (C=O) groups excluding carboxylic acids is 3. The van der Waals surface area contributed by atoms with E-state index < -0.39 is 11.9 Å². The van der Waals surface area contributed by atoms with Crippen molar-refractivity contribution in [3.05, 3.63) is 59.7 Å². The summed E-state index contributed by atoms with van der Waals surface area (Å²) in [6.45, 7) is 6.94. The second-order valence-electron chi connectivity index (χ2n) is 6.35. The first-order valence-electron chi connectivity index (χ1n) is 9.22. The molecular formula is C21H26N4O3. The molecule has 0 aliphatic heterocycles. The van der Waals surface area contributed by atoms with Crippen molar-refractivity contribution in [3.63, 3.8) is 0 Å². The van der Waals surface area contributed by atoms with Crippen molar-refractivity contribution in [2.24, 2.45) is 5.73 Å². The number of carbonyl (C=O) groups is 3. The van der Waals surface area contributed by atoms with Gasteiger partial charge in [-0.15, -0.1) is 0 Å². The first-order chi connectivity index (χ1) is 13.3. The zero-order valence-corrected chi connectivity index (χ0v) is 16.4. The molecule has 28 heavy (non-hydrogen) atoms. The van der Waals surface area contributed by atoms with Crippen molar-refractivity contribution in [2.45, 2.75) is 26.8 Å². The topological polar surface area (TPSA) is 105 Å².